The quantitative estimate of drug-likeness (QED) is 0.141. The van der Waals surface area contributed by atoms with Gasteiger partial charge in [-0.3, -0.25) is 14.9 Å². The maximum Gasteiger partial charge on any atom is 0.335 e. The van der Waals surface area contributed by atoms with Crippen LogP contribution in [-0.4, -0.2) is 25.0 Å². The van der Waals surface area contributed by atoms with Crippen molar-refractivity contribution in [2.45, 2.75) is 13.0 Å². The van der Waals surface area contributed by atoms with Gasteiger partial charge in [-0.1, -0.05) is 58.4 Å². The smallest absolute Gasteiger partial charge is 0.335 e. The van der Waals surface area contributed by atoms with Crippen LogP contribution in [0.25, 0.3) is 16.8 Å². The maximum absolute atomic E-state index is 13.3. The van der Waals surface area contributed by atoms with Crippen molar-refractivity contribution >= 4 is 56.3 Å². The molecule has 200 valence electrons. The molecule has 0 aromatic heterocycles. The van der Waals surface area contributed by atoms with Gasteiger partial charge in [0, 0.05) is 10.0 Å². The predicted octanol–water partition coefficient (Wildman–Crippen LogP) is 6.58. The Morgan fingerprint density at radius 1 is 0.950 bits per heavy atom. The normalized spacial score (nSPS) is 14.4. The Balaban J connectivity index is 1.47. The van der Waals surface area contributed by atoms with Crippen molar-refractivity contribution in [1.29, 1.82) is 0 Å². The molecule has 0 aliphatic carbocycles. The molecule has 40 heavy (non-hydrogen) atoms. The highest BCUT2D eigenvalue weighted by atomic mass is 79.9. The number of allylic oxidation sites excluding steroid dienone is 1. The van der Waals surface area contributed by atoms with Crippen LogP contribution in [0.5, 0.6) is 11.5 Å². The number of methoxy groups -OCH3 is 1. The Bertz CT molecular complexity index is 1680. The predicted molar refractivity (Wildman–Crippen MR) is 158 cm³/mol. The van der Waals surface area contributed by atoms with E-state index in [-0.39, 0.29) is 5.57 Å². The van der Waals surface area contributed by atoms with Gasteiger partial charge < -0.3 is 9.47 Å². The van der Waals surface area contributed by atoms with E-state index in [1.165, 1.54) is 13.2 Å². The molecule has 1 aliphatic heterocycles. The highest BCUT2D eigenvalue weighted by Crippen LogP contribution is 2.35. The summed E-state index contributed by atoms with van der Waals surface area (Å²) in [6, 6.07) is 23.6. The van der Waals surface area contributed by atoms with E-state index >= 15 is 0 Å². The number of imide groups is 2. The lowest BCUT2D eigenvalue weighted by Gasteiger charge is -2.26. The van der Waals surface area contributed by atoms with Crippen LogP contribution < -0.4 is 19.7 Å². The van der Waals surface area contributed by atoms with E-state index in [1.54, 1.807) is 36.4 Å². The first-order valence-electron chi connectivity index (χ1n) is 12.5. The van der Waals surface area contributed by atoms with E-state index in [2.05, 4.69) is 52.1 Å². The van der Waals surface area contributed by atoms with Crippen LogP contribution in [0.3, 0.4) is 0 Å². The van der Waals surface area contributed by atoms with Crippen LogP contribution in [0.2, 0.25) is 0 Å². The molecule has 0 unspecified atom stereocenters. The van der Waals surface area contributed by atoms with Gasteiger partial charge in [-0.25, -0.2) is 9.69 Å². The molecule has 1 aliphatic rings. The number of nitrogens with one attached hydrogen (secondary N) is 1. The Hall–Kier alpha value is -4.69. The van der Waals surface area contributed by atoms with Gasteiger partial charge in [0.2, 0.25) is 0 Å². The third kappa shape index (κ3) is 5.53. The number of halogens is 1. The second-order valence-electron chi connectivity index (χ2n) is 9.11. The number of barbiturate groups is 1. The van der Waals surface area contributed by atoms with Gasteiger partial charge in [-0.05, 0) is 76.9 Å². The fourth-order valence-electron chi connectivity index (χ4n) is 4.52. The van der Waals surface area contributed by atoms with Crippen LogP contribution in [0.4, 0.5) is 10.5 Å². The number of fused-ring (bicyclic) bond motifs is 1. The van der Waals surface area contributed by atoms with Gasteiger partial charge in [0.1, 0.15) is 12.2 Å². The zero-order valence-electron chi connectivity index (χ0n) is 21.6. The summed E-state index contributed by atoms with van der Waals surface area (Å²) in [5.74, 6) is -0.513. The van der Waals surface area contributed by atoms with E-state index in [0.717, 1.165) is 31.3 Å². The van der Waals surface area contributed by atoms with Crippen molar-refractivity contribution < 1.29 is 23.9 Å². The molecular weight excluding hydrogens is 572 g/mol. The number of hydrogen-bond acceptors (Lipinski definition) is 5. The number of rotatable bonds is 8. The van der Waals surface area contributed by atoms with Crippen LogP contribution in [0.1, 0.15) is 16.7 Å². The van der Waals surface area contributed by atoms with Crippen molar-refractivity contribution in [2.24, 2.45) is 0 Å². The van der Waals surface area contributed by atoms with Crippen LogP contribution >= 0.6 is 15.9 Å². The number of carbonyl (C=O) groups excluding carboxylic acids is 3. The first kappa shape index (κ1) is 26.9. The number of carbonyl (C=O) groups is 3. The Morgan fingerprint density at radius 3 is 2.42 bits per heavy atom. The van der Waals surface area contributed by atoms with Gasteiger partial charge in [0.15, 0.2) is 11.5 Å². The monoisotopic (exact) mass is 596 g/mol. The second-order valence-corrected chi connectivity index (χ2v) is 10.0. The molecule has 4 aromatic rings. The number of ether oxygens (including phenoxy) is 2. The first-order valence-corrected chi connectivity index (χ1v) is 13.3. The molecule has 4 aromatic carbocycles. The van der Waals surface area contributed by atoms with Crippen molar-refractivity contribution in [1.82, 2.24) is 5.32 Å². The molecule has 0 spiro atoms. The van der Waals surface area contributed by atoms with Crippen LogP contribution in [-0.2, 0) is 22.6 Å². The number of urea groups is 1. The van der Waals surface area contributed by atoms with Crippen molar-refractivity contribution in [3.8, 4) is 11.5 Å². The number of nitrogens with zero attached hydrogens (tertiary/aromatic N) is 1. The summed E-state index contributed by atoms with van der Waals surface area (Å²) >= 11 is 3.34. The standard InChI is InChI=1S/C32H25BrN2O5/c1-3-6-24-16-21(17-27-30(36)34-32(38)35(31(27)37)26-13-11-25(33)12-14-26)18-28(39-2)29(24)40-19-20-9-10-22-7-4-5-8-23(22)15-20/h3-5,7-18H,1,6,19H2,2H3,(H,34,36,38)/b27-17+. The van der Waals surface area contributed by atoms with Crippen molar-refractivity contribution in [2.75, 3.05) is 12.0 Å². The molecule has 7 nitrogen and oxygen atoms in total. The fraction of sp³-hybridized carbons (Fsp3) is 0.0938. The highest BCUT2D eigenvalue weighted by molar-refractivity contribution is 9.10. The lowest BCUT2D eigenvalue weighted by atomic mass is 10.0. The van der Waals surface area contributed by atoms with Crippen molar-refractivity contribution in [3.05, 3.63) is 118 Å². The molecule has 5 rings (SSSR count). The van der Waals surface area contributed by atoms with E-state index < -0.39 is 17.8 Å². The molecule has 1 saturated heterocycles. The average Bonchev–Trinajstić information content (AvgIpc) is 2.95. The Labute approximate surface area is 239 Å². The summed E-state index contributed by atoms with van der Waals surface area (Å²) < 4.78 is 12.7. The second kappa shape index (κ2) is 11.6. The minimum Gasteiger partial charge on any atom is -0.493 e. The van der Waals surface area contributed by atoms with Gasteiger partial charge >= 0.3 is 6.03 Å². The van der Waals surface area contributed by atoms with Crippen LogP contribution in [0, 0.1) is 0 Å². The summed E-state index contributed by atoms with van der Waals surface area (Å²) in [5, 5.41) is 4.52. The molecule has 1 heterocycles. The van der Waals surface area contributed by atoms with Crippen molar-refractivity contribution in [3.63, 3.8) is 0 Å². The average molecular weight is 597 g/mol. The largest absolute Gasteiger partial charge is 0.493 e. The molecule has 0 radical (unpaired) electrons. The molecule has 1 N–H and O–H groups in total. The lowest BCUT2D eigenvalue weighted by molar-refractivity contribution is -0.122. The highest BCUT2D eigenvalue weighted by Gasteiger charge is 2.36. The summed E-state index contributed by atoms with van der Waals surface area (Å²) in [5.41, 5.74) is 2.46. The van der Waals surface area contributed by atoms with E-state index in [1.807, 2.05) is 24.3 Å². The Kier molecular flexibility index (Phi) is 7.79. The Morgan fingerprint density at radius 2 is 1.70 bits per heavy atom. The molecule has 8 heteroatoms. The molecular formula is C32H25BrN2O5. The topological polar surface area (TPSA) is 84.9 Å². The van der Waals surface area contributed by atoms with Gasteiger partial charge in [0.05, 0.1) is 12.8 Å². The number of benzene rings is 4. The van der Waals surface area contributed by atoms with E-state index in [9.17, 15) is 14.4 Å². The molecule has 4 amide bonds. The molecule has 0 bridgehead atoms. The summed E-state index contributed by atoms with van der Waals surface area (Å²) in [4.78, 5) is 39.5. The summed E-state index contributed by atoms with van der Waals surface area (Å²) in [6.07, 6.45) is 3.64. The maximum atomic E-state index is 13.3. The minimum atomic E-state index is -0.808. The van der Waals surface area contributed by atoms with E-state index in [0.29, 0.717) is 35.8 Å². The third-order valence-electron chi connectivity index (χ3n) is 6.43. The molecule has 1 fully saturated rings. The molecule has 0 atom stereocenters. The SMILES string of the molecule is C=CCc1cc(/C=C2\C(=O)NC(=O)N(c3ccc(Br)cc3)C2=O)cc(OC)c1OCc1ccc2ccccc2c1. The zero-order valence-corrected chi connectivity index (χ0v) is 23.2. The molecule has 0 saturated carbocycles. The van der Waals surface area contributed by atoms with Gasteiger partial charge in [0.25, 0.3) is 11.8 Å². The first-order chi connectivity index (χ1) is 19.4. The minimum absolute atomic E-state index is 0.182. The number of anilines is 1. The summed E-state index contributed by atoms with van der Waals surface area (Å²) in [7, 11) is 1.53. The number of amides is 4. The summed E-state index contributed by atoms with van der Waals surface area (Å²) in [6.45, 7) is 4.17. The third-order valence-corrected chi connectivity index (χ3v) is 6.96. The van der Waals surface area contributed by atoms with Gasteiger partial charge in [-0.15, -0.1) is 6.58 Å². The van der Waals surface area contributed by atoms with E-state index in [4.69, 9.17) is 9.47 Å². The lowest BCUT2D eigenvalue weighted by Crippen LogP contribution is -2.54. The number of hydrogen-bond donors (Lipinski definition) is 1. The fourth-order valence-corrected chi connectivity index (χ4v) is 4.79. The zero-order chi connectivity index (χ0) is 28.2. The van der Waals surface area contributed by atoms with Gasteiger partial charge in [-0.2, -0.15) is 0 Å². The van der Waals surface area contributed by atoms with Crippen LogP contribution in [0.15, 0.2) is 102 Å².